The van der Waals surface area contributed by atoms with E-state index >= 15 is 16.8 Å². The van der Waals surface area contributed by atoms with Gasteiger partial charge in [-0.1, -0.05) is 84.9 Å². The highest BCUT2D eigenvalue weighted by Crippen LogP contribution is 2.30. The number of Topliss-reactive ketones (excluding diaryl/α,β-unsaturated/α-hetero) is 1. The molecule has 0 heterocycles. The molecule has 115 heavy (non-hydrogen) atoms. The number of nitrogens with one attached hydrogen (secondary N) is 2. The number of ketones is 1. The van der Waals surface area contributed by atoms with Gasteiger partial charge in [-0.2, -0.15) is 44.0 Å². The number of aliphatic imine (C=N–C) groups is 2. The van der Waals surface area contributed by atoms with Crippen LogP contribution in [-0.4, -0.2) is 159 Å². The van der Waals surface area contributed by atoms with E-state index in [1.54, 1.807) is 116 Å². The first kappa shape index (κ1) is 92.4. The van der Waals surface area contributed by atoms with E-state index in [1.807, 2.05) is 0 Å². The highest BCUT2D eigenvalue weighted by molar-refractivity contribution is 7.87. The molecule has 4 amide bonds. The summed E-state index contributed by atoms with van der Waals surface area (Å²) in [5, 5.41) is 5.88. The molecule has 0 aromatic heterocycles. The maximum atomic E-state index is 16.2. The van der Waals surface area contributed by atoms with Crippen LogP contribution in [-0.2, 0) is 99.1 Å². The Morgan fingerprint density at radius 3 is 1.03 bits per heavy atom. The second-order valence-electron chi connectivity index (χ2n) is 31.3. The van der Waals surface area contributed by atoms with Crippen molar-refractivity contribution in [3.8, 4) is 11.5 Å². The molecule has 0 radical (unpaired) electrons. The second-order valence-corrected chi connectivity index (χ2v) is 34.9. The third-order valence-corrected chi connectivity index (χ3v) is 18.9. The lowest BCUT2D eigenvalue weighted by Crippen LogP contribution is -2.56. The van der Waals surface area contributed by atoms with Gasteiger partial charge in [-0.05, 0) is 226 Å². The Morgan fingerprint density at radius 1 is 0.391 bits per heavy atom. The molecule has 33 heteroatoms. The SMILES string of the molecule is CC(=O)C[C@@H](C(=O)OC(C)(C)C)N(CCCN([C@@H](CC(=O)OC(C)(C)C)C(=O)OC(C)(C)C)S(=O)(=O)N(Cc1ccc(OC(=O)c2ccc(NC(C)=NC(=O)OC(C)(C)C)cc2)cc1)C(=O)OCc1ccccc1)S(=O)(=O)N(Cc1ccc(OC(=O)c2ccc(NC(C)=NC(=O)OC(C)(C)C)cc2)cc1)C(=O)OCc1ccccc1. The molecule has 620 valence electrons. The average molecular weight is 1630 g/mol. The second kappa shape index (κ2) is 40.0. The van der Waals surface area contributed by atoms with Gasteiger partial charge in [-0.25, -0.2) is 28.8 Å². The van der Waals surface area contributed by atoms with Crippen LogP contribution >= 0.6 is 0 Å². The molecular weight excluding hydrogens is 1530 g/mol. The van der Waals surface area contributed by atoms with Crippen molar-refractivity contribution in [3.05, 3.63) is 191 Å². The van der Waals surface area contributed by atoms with Crippen LogP contribution in [0.15, 0.2) is 168 Å². The van der Waals surface area contributed by atoms with Crippen molar-refractivity contribution in [2.24, 2.45) is 9.98 Å². The van der Waals surface area contributed by atoms with Crippen LogP contribution in [0.2, 0.25) is 0 Å². The average Bonchev–Trinajstić information content (AvgIpc) is 0.777. The molecule has 0 aliphatic carbocycles. The van der Waals surface area contributed by atoms with Gasteiger partial charge < -0.3 is 53.3 Å². The highest BCUT2D eigenvalue weighted by Gasteiger charge is 2.47. The van der Waals surface area contributed by atoms with Crippen molar-refractivity contribution in [3.63, 3.8) is 0 Å². The molecule has 0 unspecified atom stereocenters. The van der Waals surface area contributed by atoms with Gasteiger partial charge in [0.2, 0.25) is 0 Å². The smallest absolute Gasteiger partial charge is 0.435 e. The van der Waals surface area contributed by atoms with Crippen LogP contribution < -0.4 is 20.1 Å². The zero-order valence-corrected chi connectivity index (χ0v) is 69.6. The van der Waals surface area contributed by atoms with Gasteiger partial charge in [0.1, 0.15) is 82.3 Å². The first-order chi connectivity index (χ1) is 53.4. The fraction of sp³-hybridized carbons (Fsp3) is 0.415. The minimum absolute atomic E-state index is 0.0356. The number of amidine groups is 2. The lowest BCUT2D eigenvalue weighted by atomic mass is 10.1. The predicted octanol–water partition coefficient (Wildman–Crippen LogP) is 14.2. The minimum atomic E-state index is -5.69. The van der Waals surface area contributed by atoms with E-state index in [4.69, 9.17) is 42.6 Å². The first-order valence-corrected chi connectivity index (χ1v) is 39.3. The number of nitrogens with zero attached hydrogens (tertiary/aromatic N) is 6. The van der Waals surface area contributed by atoms with E-state index in [-0.39, 0.29) is 54.0 Å². The molecule has 0 fully saturated rings. The maximum Gasteiger partial charge on any atom is 0.435 e. The number of hydrogen-bond acceptors (Lipinski definition) is 23. The number of carbonyl (C=O) groups excluding carboxylic acids is 10. The van der Waals surface area contributed by atoms with E-state index in [0.29, 0.717) is 31.1 Å². The highest BCUT2D eigenvalue weighted by atomic mass is 32.2. The molecule has 2 atom stereocenters. The number of amides is 4. The molecule has 0 bridgehead atoms. The number of rotatable bonds is 30. The van der Waals surface area contributed by atoms with E-state index < -0.39 is 179 Å². The van der Waals surface area contributed by atoms with E-state index in [2.05, 4.69) is 20.6 Å². The van der Waals surface area contributed by atoms with E-state index in [0.717, 1.165) is 6.92 Å². The normalized spacial score (nSPS) is 12.9. The molecule has 0 spiro atoms. The summed E-state index contributed by atoms with van der Waals surface area (Å²) < 4.78 is 116. The van der Waals surface area contributed by atoms with Crippen molar-refractivity contribution in [2.75, 3.05) is 23.7 Å². The van der Waals surface area contributed by atoms with Crippen molar-refractivity contribution in [1.29, 1.82) is 0 Å². The molecule has 0 aliphatic heterocycles. The molecule has 2 N–H and O–H groups in total. The zero-order valence-electron chi connectivity index (χ0n) is 67.9. The molecule has 0 aliphatic rings. The Morgan fingerprint density at radius 2 is 0.713 bits per heavy atom. The summed E-state index contributed by atoms with van der Waals surface area (Å²) in [7, 11) is -11.3. The van der Waals surface area contributed by atoms with Crippen LogP contribution in [0.5, 0.6) is 11.5 Å². The number of ether oxygens (including phenoxy) is 9. The quantitative estimate of drug-likeness (QED) is 0.0139. The number of benzene rings is 6. The van der Waals surface area contributed by atoms with Crippen molar-refractivity contribution in [1.82, 2.24) is 17.2 Å². The Labute approximate surface area is 671 Å². The Balaban J connectivity index is 1.43. The first-order valence-electron chi connectivity index (χ1n) is 36.5. The topological polar surface area (TPSA) is 384 Å². The Hall–Kier alpha value is -11.4. The summed E-state index contributed by atoms with van der Waals surface area (Å²) >= 11 is 0. The number of anilines is 2. The minimum Gasteiger partial charge on any atom is -0.460 e. The lowest BCUT2D eigenvalue weighted by molar-refractivity contribution is -0.167. The standard InChI is InChI=1S/C82H102N8O23S2/c1-54(91)48-67(72(95)110-79(7,8)9)87(114(101,102)89(76(99)105-52-59-26-21-19-22-27-59)50-57-30-42-65(43-31-57)107-70(93)61-34-38-63(39-35-61)83-55(2)85-74(97)112-81(13,14)15)46-25-47-88(68(73(96)111-80(10,11)12)49-69(92)109-78(4,5)6)115(103,104)90(77(100)106-53-60-28-23-20-24-29-60)51-58-32-44-66(45-33-58)108-71(94)62-36-40-64(41-37-62)84-56(3)86-75(98)113-82(16,17)18/h19-24,26-45,67-68H,25,46-53H2,1-18H3,(H,83,85,97)(H,84,86,98)/t67-,68-/m0/s1. The van der Waals surface area contributed by atoms with Crippen molar-refractivity contribution >= 4 is 103 Å². The lowest BCUT2D eigenvalue weighted by Gasteiger charge is -2.37. The summed E-state index contributed by atoms with van der Waals surface area (Å²) in [4.78, 5) is 147. The molecule has 6 aromatic carbocycles. The van der Waals surface area contributed by atoms with Gasteiger partial charge in [0.25, 0.3) is 0 Å². The van der Waals surface area contributed by atoms with Gasteiger partial charge in [0.15, 0.2) is 0 Å². The van der Waals surface area contributed by atoms with Crippen LogP contribution in [0.25, 0.3) is 0 Å². The third-order valence-electron chi connectivity index (χ3n) is 15.2. The van der Waals surface area contributed by atoms with Crippen LogP contribution in [0.1, 0.15) is 187 Å². The number of esters is 5. The summed E-state index contributed by atoms with van der Waals surface area (Å²) in [5.41, 5.74) is -3.60. The van der Waals surface area contributed by atoms with E-state index in [9.17, 15) is 47.9 Å². The predicted molar refractivity (Wildman–Crippen MR) is 427 cm³/mol. The van der Waals surface area contributed by atoms with Crippen molar-refractivity contribution in [2.45, 2.75) is 210 Å². The molecule has 0 saturated carbocycles. The van der Waals surface area contributed by atoms with Gasteiger partial charge in [-0.15, -0.1) is 0 Å². The summed E-state index contributed by atoms with van der Waals surface area (Å²) in [6.45, 7) is 22.7. The molecule has 0 saturated heterocycles. The molecular formula is C82H102N8O23S2. The molecule has 6 rings (SSSR count). The third kappa shape index (κ3) is 31.5. The van der Waals surface area contributed by atoms with Crippen LogP contribution in [0, 0.1) is 0 Å². The largest absolute Gasteiger partial charge is 0.460 e. The number of hydrogen-bond donors (Lipinski definition) is 2. The monoisotopic (exact) mass is 1630 g/mol. The molecule has 31 nitrogen and oxygen atoms in total. The maximum absolute atomic E-state index is 16.2. The van der Waals surface area contributed by atoms with Gasteiger partial charge in [-0.3, -0.25) is 19.2 Å². The van der Waals surface area contributed by atoms with E-state index in [1.165, 1.54) is 159 Å². The Bertz CT molecular complexity index is 4700. The van der Waals surface area contributed by atoms with Crippen LogP contribution in [0.3, 0.4) is 0 Å². The number of carbonyl (C=O) groups is 10. The van der Waals surface area contributed by atoms with Gasteiger partial charge >= 0.3 is 74.6 Å². The summed E-state index contributed by atoms with van der Waals surface area (Å²) in [6, 6.07) is 34.2. The van der Waals surface area contributed by atoms with Gasteiger partial charge in [0.05, 0.1) is 30.6 Å². The Kier molecular flexibility index (Phi) is 32.2. The fourth-order valence-electron chi connectivity index (χ4n) is 10.4. The summed E-state index contributed by atoms with van der Waals surface area (Å²) in [5.74, 6) is -5.92. The van der Waals surface area contributed by atoms with Gasteiger partial charge in [0, 0.05) is 30.9 Å². The van der Waals surface area contributed by atoms with Crippen LogP contribution in [0.4, 0.5) is 30.6 Å². The zero-order chi connectivity index (χ0) is 85.6. The molecule has 6 aromatic rings. The van der Waals surface area contributed by atoms with Crippen molar-refractivity contribution < 1.29 is 107 Å². The fourth-order valence-corrected chi connectivity index (χ4v) is 13.7. The summed E-state index contributed by atoms with van der Waals surface area (Å²) in [6.07, 6.45) is -7.53.